The zero-order valence-electron chi connectivity index (χ0n) is 15.3. The molecule has 4 nitrogen and oxygen atoms in total. The van der Waals surface area contributed by atoms with Gasteiger partial charge in [-0.15, -0.1) is 0 Å². The van der Waals surface area contributed by atoms with Crippen molar-refractivity contribution in [1.29, 1.82) is 0 Å². The van der Waals surface area contributed by atoms with Crippen LogP contribution in [-0.4, -0.2) is 60.1 Å². The molecule has 0 radical (unpaired) electrons. The number of rotatable bonds is 3. The topological polar surface area (TPSA) is 32.8 Å². The highest BCUT2D eigenvalue weighted by molar-refractivity contribution is 5.79. The van der Waals surface area contributed by atoms with Gasteiger partial charge in [-0.1, -0.05) is 43.2 Å². The fraction of sp³-hybridized carbons (Fsp3) is 0.667. The van der Waals surface area contributed by atoms with E-state index in [2.05, 4.69) is 47.1 Å². The van der Waals surface area contributed by atoms with Gasteiger partial charge < -0.3 is 9.64 Å². The third kappa shape index (κ3) is 3.47. The molecule has 0 bridgehead atoms. The van der Waals surface area contributed by atoms with Gasteiger partial charge in [0.1, 0.15) is 0 Å². The second-order valence-corrected chi connectivity index (χ2v) is 7.87. The van der Waals surface area contributed by atoms with Crippen molar-refractivity contribution < 1.29 is 9.53 Å². The Hall–Kier alpha value is -1.39. The second kappa shape index (κ2) is 7.46. The number of likely N-dealkylation sites (tertiary alicyclic amines) is 1. The Morgan fingerprint density at radius 2 is 1.92 bits per heavy atom. The van der Waals surface area contributed by atoms with E-state index in [1.54, 1.807) is 0 Å². The molecule has 2 aliphatic heterocycles. The van der Waals surface area contributed by atoms with Crippen molar-refractivity contribution in [3.05, 3.63) is 35.9 Å². The van der Waals surface area contributed by atoms with Crippen molar-refractivity contribution in [3.63, 3.8) is 0 Å². The Balaban J connectivity index is 1.39. The Morgan fingerprint density at radius 3 is 2.76 bits per heavy atom. The number of carbonyl (C=O) groups excluding carboxylic acids is 1. The summed E-state index contributed by atoms with van der Waals surface area (Å²) < 4.78 is 5.92. The molecule has 25 heavy (non-hydrogen) atoms. The molecule has 0 spiro atoms. The summed E-state index contributed by atoms with van der Waals surface area (Å²) in [5, 5.41) is 0. The molecular weight excluding hydrogens is 312 g/mol. The highest BCUT2D eigenvalue weighted by Gasteiger charge is 2.39. The van der Waals surface area contributed by atoms with Crippen molar-refractivity contribution in [2.24, 2.45) is 0 Å². The summed E-state index contributed by atoms with van der Waals surface area (Å²) >= 11 is 0. The molecule has 2 heterocycles. The summed E-state index contributed by atoms with van der Waals surface area (Å²) in [5.74, 6) is 0.849. The van der Waals surface area contributed by atoms with Crippen LogP contribution in [-0.2, 0) is 9.53 Å². The summed E-state index contributed by atoms with van der Waals surface area (Å²) in [4.78, 5) is 17.5. The number of carbonyl (C=O) groups is 1. The molecule has 1 saturated carbocycles. The number of ether oxygens (including phenoxy) is 1. The highest BCUT2D eigenvalue weighted by atomic mass is 16.5. The van der Waals surface area contributed by atoms with Crippen LogP contribution in [0.15, 0.2) is 30.3 Å². The van der Waals surface area contributed by atoms with Crippen LogP contribution in [0.3, 0.4) is 0 Å². The van der Waals surface area contributed by atoms with E-state index in [-0.39, 0.29) is 6.10 Å². The molecule has 1 aromatic carbocycles. The number of hydrogen-bond donors (Lipinski definition) is 0. The molecular formula is C21H30N2O2. The van der Waals surface area contributed by atoms with Gasteiger partial charge in [0.05, 0.1) is 25.3 Å². The minimum atomic E-state index is 0.277. The zero-order chi connectivity index (χ0) is 17.2. The summed E-state index contributed by atoms with van der Waals surface area (Å²) in [7, 11) is 0. The van der Waals surface area contributed by atoms with Crippen molar-refractivity contribution in [1.82, 2.24) is 9.80 Å². The molecule has 3 fully saturated rings. The third-order valence-corrected chi connectivity index (χ3v) is 6.50. The first-order valence-electron chi connectivity index (χ1n) is 9.94. The Bertz CT molecular complexity index is 589. The van der Waals surface area contributed by atoms with Gasteiger partial charge in [-0.3, -0.25) is 9.69 Å². The number of benzene rings is 1. The number of amides is 1. The van der Waals surface area contributed by atoms with Gasteiger partial charge in [0.2, 0.25) is 5.91 Å². The van der Waals surface area contributed by atoms with Gasteiger partial charge in [0, 0.05) is 18.5 Å². The van der Waals surface area contributed by atoms with E-state index in [9.17, 15) is 4.79 Å². The van der Waals surface area contributed by atoms with Crippen LogP contribution >= 0.6 is 0 Å². The van der Waals surface area contributed by atoms with Crippen LogP contribution in [0.4, 0.5) is 0 Å². The first-order chi connectivity index (χ1) is 12.2. The van der Waals surface area contributed by atoms with Crippen LogP contribution in [0.5, 0.6) is 0 Å². The maximum atomic E-state index is 13.0. The van der Waals surface area contributed by atoms with E-state index in [4.69, 9.17) is 4.74 Å². The lowest BCUT2D eigenvalue weighted by Gasteiger charge is -2.44. The lowest BCUT2D eigenvalue weighted by atomic mass is 9.90. The summed E-state index contributed by atoms with van der Waals surface area (Å²) in [6.07, 6.45) is 6.12. The molecule has 4 heteroatoms. The van der Waals surface area contributed by atoms with E-state index >= 15 is 0 Å². The predicted molar refractivity (Wildman–Crippen MR) is 98.5 cm³/mol. The molecule has 1 amide bonds. The van der Waals surface area contributed by atoms with Crippen molar-refractivity contribution in [2.75, 3.05) is 26.2 Å². The van der Waals surface area contributed by atoms with Gasteiger partial charge in [-0.05, 0) is 38.3 Å². The molecule has 0 unspecified atom stereocenters. The van der Waals surface area contributed by atoms with Gasteiger partial charge >= 0.3 is 0 Å². The minimum absolute atomic E-state index is 0.277. The number of nitrogens with zero attached hydrogens (tertiary/aromatic N) is 2. The van der Waals surface area contributed by atoms with Crippen LogP contribution in [0.1, 0.15) is 50.5 Å². The smallest absolute Gasteiger partial charge is 0.237 e. The van der Waals surface area contributed by atoms with E-state index in [0.29, 0.717) is 37.1 Å². The average molecular weight is 342 g/mol. The molecule has 1 aromatic rings. The fourth-order valence-corrected chi connectivity index (χ4v) is 5.04. The first kappa shape index (κ1) is 17.0. The standard InChI is InChI=1S/C21H30N2O2/c1-16-18(17-7-3-2-4-8-17)11-12-22(16)15-21(24)23-13-14-25-20-10-6-5-9-19(20)23/h2-4,7-8,16,18-20H,5-6,9-15H2,1H3/t16-,18-,19+,20+/m1/s1. The summed E-state index contributed by atoms with van der Waals surface area (Å²) in [6, 6.07) is 11.5. The monoisotopic (exact) mass is 342 g/mol. The quantitative estimate of drug-likeness (QED) is 0.846. The molecule has 1 aliphatic carbocycles. The van der Waals surface area contributed by atoms with Gasteiger partial charge in [0.25, 0.3) is 0 Å². The van der Waals surface area contributed by atoms with Crippen molar-refractivity contribution in [2.45, 2.75) is 63.1 Å². The molecule has 4 rings (SSSR count). The largest absolute Gasteiger partial charge is 0.374 e. The van der Waals surface area contributed by atoms with E-state index in [0.717, 1.165) is 32.4 Å². The van der Waals surface area contributed by atoms with Crippen molar-refractivity contribution >= 4 is 5.91 Å². The Kier molecular flexibility index (Phi) is 5.09. The van der Waals surface area contributed by atoms with Crippen molar-refractivity contribution in [3.8, 4) is 0 Å². The number of hydrogen-bond acceptors (Lipinski definition) is 3. The minimum Gasteiger partial charge on any atom is -0.374 e. The summed E-state index contributed by atoms with van der Waals surface area (Å²) in [5.41, 5.74) is 1.41. The maximum Gasteiger partial charge on any atom is 0.237 e. The molecule has 0 N–H and O–H groups in total. The van der Waals surface area contributed by atoms with E-state index in [1.807, 2.05) is 0 Å². The van der Waals surface area contributed by atoms with Crippen LogP contribution < -0.4 is 0 Å². The molecule has 3 aliphatic rings. The fourth-order valence-electron chi connectivity index (χ4n) is 5.04. The van der Waals surface area contributed by atoms with Crippen LogP contribution in [0, 0.1) is 0 Å². The predicted octanol–water partition coefficient (Wildman–Crippen LogP) is 3.03. The van der Waals surface area contributed by atoms with E-state index < -0.39 is 0 Å². The van der Waals surface area contributed by atoms with Gasteiger partial charge in [-0.2, -0.15) is 0 Å². The highest BCUT2D eigenvalue weighted by Crippen LogP contribution is 2.34. The van der Waals surface area contributed by atoms with Gasteiger partial charge in [-0.25, -0.2) is 0 Å². The van der Waals surface area contributed by atoms with Crippen LogP contribution in [0.2, 0.25) is 0 Å². The number of fused-ring (bicyclic) bond motifs is 1. The Labute approximate surface area is 151 Å². The molecule has 4 atom stereocenters. The second-order valence-electron chi connectivity index (χ2n) is 7.87. The lowest BCUT2D eigenvalue weighted by Crippen LogP contribution is -2.57. The van der Waals surface area contributed by atoms with Gasteiger partial charge in [0.15, 0.2) is 0 Å². The maximum absolute atomic E-state index is 13.0. The average Bonchev–Trinajstić information content (AvgIpc) is 3.02. The lowest BCUT2D eigenvalue weighted by molar-refractivity contribution is -0.150. The van der Waals surface area contributed by atoms with E-state index in [1.165, 1.54) is 18.4 Å². The molecule has 2 saturated heterocycles. The molecule has 136 valence electrons. The SMILES string of the molecule is C[C@@H]1[C@H](c2ccccc2)CCN1CC(=O)N1CCO[C@H]2CCCC[C@@H]21. The number of morpholine rings is 1. The molecule has 0 aromatic heterocycles. The first-order valence-corrected chi connectivity index (χ1v) is 9.94. The zero-order valence-corrected chi connectivity index (χ0v) is 15.3. The normalized spacial score (nSPS) is 33.2. The van der Waals surface area contributed by atoms with Crippen LogP contribution in [0.25, 0.3) is 0 Å². The Morgan fingerprint density at radius 1 is 1.12 bits per heavy atom. The summed E-state index contributed by atoms with van der Waals surface area (Å²) in [6.45, 7) is 5.33. The third-order valence-electron chi connectivity index (χ3n) is 6.50.